The van der Waals surface area contributed by atoms with Crippen LogP contribution in [0.5, 0.6) is 0 Å². The fourth-order valence-corrected chi connectivity index (χ4v) is 3.22. The van der Waals surface area contributed by atoms with E-state index in [-0.39, 0.29) is 17.6 Å². The molecule has 3 rings (SSSR count). The number of amides is 1. The van der Waals surface area contributed by atoms with Crippen LogP contribution in [0.2, 0.25) is 0 Å². The van der Waals surface area contributed by atoms with Crippen LogP contribution in [0.3, 0.4) is 0 Å². The van der Waals surface area contributed by atoms with Gasteiger partial charge in [0.25, 0.3) is 5.91 Å². The topological polar surface area (TPSA) is 63.4 Å². The molecule has 3 heterocycles. The monoisotopic (exact) mass is 290 g/mol. The Bertz CT molecular complexity index is 540. The first-order valence-corrected chi connectivity index (χ1v) is 7.41. The van der Waals surface area contributed by atoms with Crippen molar-refractivity contribution in [1.29, 1.82) is 0 Å². The second-order valence-electron chi connectivity index (χ2n) is 4.82. The van der Waals surface area contributed by atoms with Gasteiger partial charge in [0.2, 0.25) is 0 Å². The molecule has 1 aliphatic rings. The Morgan fingerprint density at radius 3 is 3.00 bits per heavy atom. The van der Waals surface area contributed by atoms with Crippen molar-refractivity contribution >= 4 is 23.0 Å². The smallest absolute Gasteiger partial charge is 0.276 e. The van der Waals surface area contributed by atoms with Crippen molar-refractivity contribution in [2.24, 2.45) is 5.92 Å². The second kappa shape index (κ2) is 5.58. The molecule has 0 radical (unpaired) electrons. The highest BCUT2D eigenvalue weighted by Crippen LogP contribution is 2.24. The molecule has 6 heteroatoms. The van der Waals surface area contributed by atoms with Crippen LogP contribution in [0.1, 0.15) is 33.0 Å². The van der Waals surface area contributed by atoms with E-state index in [0.717, 1.165) is 17.7 Å². The molecule has 5 nitrogen and oxygen atoms in total. The zero-order chi connectivity index (χ0) is 13.9. The van der Waals surface area contributed by atoms with Crippen LogP contribution in [0.25, 0.3) is 0 Å². The first kappa shape index (κ1) is 13.1. The summed E-state index contributed by atoms with van der Waals surface area (Å²) in [6, 6.07) is 5.26. The Morgan fingerprint density at radius 1 is 1.40 bits per heavy atom. The summed E-state index contributed by atoms with van der Waals surface area (Å²) < 4.78 is 4.70. The number of piperidine rings is 1. The molecular weight excluding hydrogens is 276 g/mol. The molecule has 2 aromatic heterocycles. The van der Waals surface area contributed by atoms with Crippen molar-refractivity contribution in [1.82, 2.24) is 10.1 Å². The molecule has 20 heavy (non-hydrogen) atoms. The Hall–Kier alpha value is -1.95. The van der Waals surface area contributed by atoms with Crippen LogP contribution in [-0.4, -0.2) is 34.8 Å². The number of ketones is 1. The van der Waals surface area contributed by atoms with E-state index in [0.29, 0.717) is 18.8 Å². The van der Waals surface area contributed by atoms with E-state index in [1.807, 2.05) is 17.5 Å². The van der Waals surface area contributed by atoms with Gasteiger partial charge >= 0.3 is 0 Å². The van der Waals surface area contributed by atoms with Gasteiger partial charge in [0.1, 0.15) is 6.26 Å². The third-order valence-corrected chi connectivity index (χ3v) is 4.38. The van der Waals surface area contributed by atoms with Crippen molar-refractivity contribution in [2.75, 3.05) is 13.1 Å². The molecule has 0 bridgehead atoms. The number of rotatable bonds is 3. The molecule has 1 fully saturated rings. The highest BCUT2D eigenvalue weighted by atomic mass is 32.1. The molecule has 0 aliphatic carbocycles. The lowest BCUT2D eigenvalue weighted by Crippen LogP contribution is -2.42. The molecule has 1 saturated heterocycles. The minimum absolute atomic E-state index is 0.113. The maximum Gasteiger partial charge on any atom is 0.276 e. The molecular formula is C14H14N2O3S. The Kier molecular flexibility index (Phi) is 3.64. The average molecular weight is 290 g/mol. The summed E-state index contributed by atoms with van der Waals surface area (Å²) >= 11 is 1.45. The van der Waals surface area contributed by atoms with E-state index in [1.54, 1.807) is 11.0 Å². The third-order valence-electron chi connectivity index (χ3n) is 3.50. The van der Waals surface area contributed by atoms with E-state index in [2.05, 4.69) is 5.16 Å². The third kappa shape index (κ3) is 2.51. The van der Waals surface area contributed by atoms with Crippen molar-refractivity contribution in [2.45, 2.75) is 12.8 Å². The van der Waals surface area contributed by atoms with Crippen LogP contribution in [-0.2, 0) is 0 Å². The van der Waals surface area contributed by atoms with Gasteiger partial charge in [-0.2, -0.15) is 0 Å². The first-order chi connectivity index (χ1) is 9.75. The van der Waals surface area contributed by atoms with Crippen LogP contribution in [0.15, 0.2) is 34.4 Å². The van der Waals surface area contributed by atoms with Crippen LogP contribution >= 0.6 is 11.3 Å². The molecule has 1 aliphatic heterocycles. The normalized spacial score (nSPS) is 19.0. The lowest BCUT2D eigenvalue weighted by molar-refractivity contribution is 0.0630. The van der Waals surface area contributed by atoms with Crippen LogP contribution in [0, 0.1) is 5.92 Å². The highest BCUT2D eigenvalue weighted by molar-refractivity contribution is 7.12. The van der Waals surface area contributed by atoms with Crippen molar-refractivity contribution in [3.8, 4) is 0 Å². The molecule has 0 N–H and O–H groups in total. The Morgan fingerprint density at radius 2 is 2.30 bits per heavy atom. The predicted octanol–water partition coefficient (Wildman–Crippen LogP) is 2.47. The fourth-order valence-electron chi connectivity index (χ4n) is 2.48. The van der Waals surface area contributed by atoms with E-state index in [9.17, 15) is 9.59 Å². The van der Waals surface area contributed by atoms with Gasteiger partial charge in [-0.05, 0) is 24.3 Å². The van der Waals surface area contributed by atoms with E-state index in [1.165, 1.54) is 17.6 Å². The summed E-state index contributed by atoms with van der Waals surface area (Å²) in [6.07, 6.45) is 3.05. The van der Waals surface area contributed by atoms with Gasteiger partial charge in [0.05, 0.1) is 4.88 Å². The van der Waals surface area contributed by atoms with E-state index < -0.39 is 0 Å². The van der Waals surface area contributed by atoms with Crippen molar-refractivity contribution in [3.05, 3.63) is 40.4 Å². The average Bonchev–Trinajstić information content (AvgIpc) is 3.18. The predicted molar refractivity (Wildman–Crippen MR) is 73.8 cm³/mol. The fraction of sp³-hybridized carbons (Fsp3) is 0.357. The molecule has 1 atom stereocenters. The van der Waals surface area contributed by atoms with Crippen LogP contribution < -0.4 is 0 Å². The Labute approximate surface area is 120 Å². The molecule has 2 aromatic rings. The lowest BCUT2D eigenvalue weighted by atomic mass is 9.93. The van der Waals surface area contributed by atoms with Gasteiger partial charge in [0.15, 0.2) is 11.5 Å². The first-order valence-electron chi connectivity index (χ1n) is 6.53. The van der Waals surface area contributed by atoms with Gasteiger partial charge in [0, 0.05) is 25.1 Å². The lowest BCUT2D eigenvalue weighted by Gasteiger charge is -2.31. The number of nitrogens with zero attached hydrogens (tertiary/aromatic N) is 2. The van der Waals surface area contributed by atoms with Crippen LogP contribution in [0.4, 0.5) is 0 Å². The standard InChI is InChI=1S/C14H14N2O3S/c17-13(12-4-2-8-20-12)10-3-1-6-16(9-10)14(18)11-5-7-19-15-11/h2,4-5,7-8,10H,1,3,6,9H2. The summed E-state index contributed by atoms with van der Waals surface area (Å²) in [5, 5.41) is 5.56. The van der Waals surface area contributed by atoms with Gasteiger partial charge in [-0.15, -0.1) is 11.3 Å². The molecule has 1 unspecified atom stereocenters. The zero-order valence-corrected chi connectivity index (χ0v) is 11.6. The summed E-state index contributed by atoms with van der Waals surface area (Å²) in [4.78, 5) is 27.0. The minimum atomic E-state index is -0.164. The zero-order valence-electron chi connectivity index (χ0n) is 10.8. The number of Topliss-reactive ketones (excluding diaryl/α,β-unsaturated/α-hetero) is 1. The number of thiophene rings is 1. The van der Waals surface area contributed by atoms with Crippen molar-refractivity contribution < 1.29 is 14.1 Å². The summed E-state index contributed by atoms with van der Waals surface area (Å²) in [7, 11) is 0. The van der Waals surface area contributed by atoms with E-state index in [4.69, 9.17) is 4.52 Å². The number of hydrogen-bond donors (Lipinski definition) is 0. The van der Waals surface area contributed by atoms with Gasteiger partial charge in [-0.1, -0.05) is 11.2 Å². The molecule has 0 saturated carbocycles. The highest BCUT2D eigenvalue weighted by Gasteiger charge is 2.30. The largest absolute Gasteiger partial charge is 0.364 e. The Balaban J connectivity index is 1.71. The second-order valence-corrected chi connectivity index (χ2v) is 5.76. The number of carbonyl (C=O) groups is 2. The number of likely N-dealkylation sites (tertiary alicyclic amines) is 1. The molecule has 104 valence electrons. The van der Waals surface area contributed by atoms with Gasteiger partial charge < -0.3 is 9.42 Å². The number of hydrogen-bond acceptors (Lipinski definition) is 5. The molecule has 0 aromatic carbocycles. The van der Waals surface area contributed by atoms with Gasteiger partial charge in [-0.3, -0.25) is 9.59 Å². The van der Waals surface area contributed by atoms with Gasteiger partial charge in [-0.25, -0.2) is 0 Å². The summed E-state index contributed by atoms with van der Waals surface area (Å²) in [5.74, 6) is -0.140. The minimum Gasteiger partial charge on any atom is -0.364 e. The quantitative estimate of drug-likeness (QED) is 0.815. The molecule has 0 spiro atoms. The van der Waals surface area contributed by atoms with Crippen molar-refractivity contribution in [3.63, 3.8) is 0 Å². The summed E-state index contributed by atoms with van der Waals surface area (Å²) in [5.41, 5.74) is 0.300. The SMILES string of the molecule is O=C(c1cccs1)C1CCCN(C(=O)c2ccon2)C1. The summed E-state index contributed by atoms with van der Waals surface area (Å²) in [6.45, 7) is 1.13. The molecule has 1 amide bonds. The number of carbonyl (C=O) groups excluding carboxylic acids is 2. The van der Waals surface area contributed by atoms with E-state index >= 15 is 0 Å². The maximum atomic E-state index is 12.4. The number of aromatic nitrogens is 1. The maximum absolute atomic E-state index is 12.4.